The molecular weight excluding hydrogens is 200 g/mol. The Hall–Kier alpha value is -1.35. The quantitative estimate of drug-likeness (QED) is 0.743. The third-order valence-electron chi connectivity index (χ3n) is 2.53. The van der Waals surface area contributed by atoms with Gasteiger partial charge in [-0.1, -0.05) is 29.8 Å². The average Bonchev–Trinajstić information content (AvgIpc) is 2.25. The molecule has 1 unspecified atom stereocenters. The van der Waals surface area contributed by atoms with E-state index in [-0.39, 0.29) is 5.91 Å². The van der Waals surface area contributed by atoms with Crippen LogP contribution in [0.3, 0.4) is 0 Å². The third kappa shape index (κ3) is 4.45. The fourth-order valence-electron chi connectivity index (χ4n) is 1.50. The van der Waals surface area contributed by atoms with Crippen LogP contribution in [-0.4, -0.2) is 19.0 Å². The molecule has 3 nitrogen and oxygen atoms in total. The van der Waals surface area contributed by atoms with Gasteiger partial charge in [0.05, 0.1) is 0 Å². The maximum atomic E-state index is 10.7. The van der Waals surface area contributed by atoms with Crippen molar-refractivity contribution in [3.05, 3.63) is 35.4 Å². The van der Waals surface area contributed by atoms with Gasteiger partial charge in [-0.3, -0.25) is 4.79 Å². The van der Waals surface area contributed by atoms with Crippen LogP contribution in [0.1, 0.15) is 31.0 Å². The lowest BCUT2D eigenvalue weighted by atomic mass is 10.1. The van der Waals surface area contributed by atoms with Crippen molar-refractivity contribution in [1.29, 1.82) is 0 Å². The SMILES string of the molecule is CC(=O)NCCNC(C)c1ccc(C)cc1. The Bertz CT molecular complexity index is 332. The Morgan fingerprint density at radius 1 is 1.25 bits per heavy atom. The maximum absolute atomic E-state index is 10.7. The Morgan fingerprint density at radius 2 is 1.88 bits per heavy atom. The summed E-state index contributed by atoms with van der Waals surface area (Å²) in [5.74, 6) is 0.0183. The Morgan fingerprint density at radius 3 is 2.44 bits per heavy atom. The highest BCUT2D eigenvalue weighted by Gasteiger charge is 2.03. The summed E-state index contributed by atoms with van der Waals surface area (Å²) >= 11 is 0. The molecule has 1 atom stereocenters. The highest BCUT2D eigenvalue weighted by Crippen LogP contribution is 2.12. The van der Waals surface area contributed by atoms with E-state index in [2.05, 4.69) is 48.7 Å². The maximum Gasteiger partial charge on any atom is 0.216 e. The van der Waals surface area contributed by atoms with Crippen LogP contribution in [0.25, 0.3) is 0 Å². The smallest absolute Gasteiger partial charge is 0.216 e. The first-order valence-electron chi connectivity index (χ1n) is 5.64. The number of aryl methyl sites for hydroxylation is 1. The van der Waals surface area contributed by atoms with Gasteiger partial charge in [-0.15, -0.1) is 0 Å². The summed E-state index contributed by atoms with van der Waals surface area (Å²) in [5.41, 5.74) is 2.54. The molecule has 0 radical (unpaired) electrons. The molecule has 0 spiro atoms. The lowest BCUT2D eigenvalue weighted by Gasteiger charge is -2.14. The minimum atomic E-state index is 0.0183. The van der Waals surface area contributed by atoms with E-state index in [9.17, 15) is 4.79 Å². The van der Waals surface area contributed by atoms with Gasteiger partial charge >= 0.3 is 0 Å². The molecule has 0 aliphatic carbocycles. The van der Waals surface area contributed by atoms with Gasteiger partial charge < -0.3 is 10.6 Å². The van der Waals surface area contributed by atoms with Crippen molar-refractivity contribution in [2.45, 2.75) is 26.8 Å². The van der Waals surface area contributed by atoms with Crippen molar-refractivity contribution in [2.75, 3.05) is 13.1 Å². The van der Waals surface area contributed by atoms with Crippen LogP contribution in [0, 0.1) is 6.92 Å². The molecule has 1 rings (SSSR count). The molecule has 2 N–H and O–H groups in total. The number of carbonyl (C=O) groups is 1. The van der Waals surface area contributed by atoms with Crippen molar-refractivity contribution in [3.8, 4) is 0 Å². The van der Waals surface area contributed by atoms with Crippen LogP contribution >= 0.6 is 0 Å². The van der Waals surface area contributed by atoms with Crippen LogP contribution in [0.2, 0.25) is 0 Å². The molecule has 3 heteroatoms. The van der Waals surface area contributed by atoms with Crippen LogP contribution < -0.4 is 10.6 Å². The first kappa shape index (κ1) is 12.7. The lowest BCUT2D eigenvalue weighted by molar-refractivity contribution is -0.118. The average molecular weight is 220 g/mol. The molecule has 88 valence electrons. The fourth-order valence-corrected chi connectivity index (χ4v) is 1.50. The summed E-state index contributed by atoms with van der Waals surface area (Å²) in [5, 5.41) is 6.12. The van der Waals surface area contributed by atoms with Crippen molar-refractivity contribution in [3.63, 3.8) is 0 Å². The number of benzene rings is 1. The summed E-state index contributed by atoms with van der Waals surface area (Å²) in [6.45, 7) is 7.20. The number of carbonyl (C=O) groups excluding carboxylic acids is 1. The van der Waals surface area contributed by atoms with Gasteiger partial charge in [0, 0.05) is 26.1 Å². The molecule has 0 bridgehead atoms. The van der Waals surface area contributed by atoms with Crippen molar-refractivity contribution >= 4 is 5.91 Å². The zero-order valence-corrected chi connectivity index (χ0v) is 10.2. The number of rotatable bonds is 5. The second-order valence-electron chi connectivity index (χ2n) is 4.07. The Labute approximate surface area is 97.2 Å². The minimum Gasteiger partial charge on any atom is -0.355 e. The molecule has 0 fully saturated rings. The third-order valence-corrected chi connectivity index (χ3v) is 2.53. The zero-order chi connectivity index (χ0) is 12.0. The van der Waals surface area contributed by atoms with Gasteiger partial charge in [0.1, 0.15) is 0 Å². The van der Waals surface area contributed by atoms with Gasteiger partial charge in [0.2, 0.25) is 5.91 Å². The molecule has 0 heterocycles. The Kier molecular flexibility index (Phi) is 4.99. The van der Waals surface area contributed by atoms with Crippen LogP contribution in [0.15, 0.2) is 24.3 Å². The molecule has 16 heavy (non-hydrogen) atoms. The molecule has 1 aromatic rings. The molecule has 0 aliphatic heterocycles. The highest BCUT2D eigenvalue weighted by atomic mass is 16.1. The van der Waals surface area contributed by atoms with Gasteiger partial charge in [0.15, 0.2) is 0 Å². The first-order valence-corrected chi connectivity index (χ1v) is 5.64. The molecule has 0 saturated heterocycles. The number of amides is 1. The summed E-state index contributed by atoms with van der Waals surface area (Å²) < 4.78 is 0. The largest absolute Gasteiger partial charge is 0.355 e. The van der Waals surface area contributed by atoms with E-state index in [4.69, 9.17) is 0 Å². The molecule has 0 aromatic heterocycles. The topological polar surface area (TPSA) is 41.1 Å². The summed E-state index contributed by atoms with van der Waals surface area (Å²) in [6, 6.07) is 8.80. The monoisotopic (exact) mass is 220 g/mol. The molecule has 0 saturated carbocycles. The zero-order valence-electron chi connectivity index (χ0n) is 10.2. The van der Waals surface area contributed by atoms with Crippen molar-refractivity contribution in [1.82, 2.24) is 10.6 Å². The molecule has 1 amide bonds. The molecular formula is C13H20N2O. The van der Waals surface area contributed by atoms with E-state index < -0.39 is 0 Å². The predicted octanol–water partition coefficient (Wildman–Crippen LogP) is 1.78. The molecule has 0 aliphatic rings. The van der Waals surface area contributed by atoms with Gasteiger partial charge in [-0.05, 0) is 19.4 Å². The summed E-state index contributed by atoms with van der Waals surface area (Å²) in [4.78, 5) is 10.7. The number of hydrogen-bond acceptors (Lipinski definition) is 2. The summed E-state index contributed by atoms with van der Waals surface area (Å²) in [7, 11) is 0. The first-order chi connectivity index (χ1) is 7.59. The summed E-state index contributed by atoms with van der Waals surface area (Å²) in [6.07, 6.45) is 0. The Balaban J connectivity index is 2.32. The van der Waals surface area contributed by atoms with E-state index >= 15 is 0 Å². The van der Waals surface area contributed by atoms with E-state index in [0.717, 1.165) is 6.54 Å². The van der Waals surface area contributed by atoms with Crippen molar-refractivity contribution < 1.29 is 4.79 Å². The van der Waals surface area contributed by atoms with Gasteiger partial charge in [0.25, 0.3) is 0 Å². The second-order valence-corrected chi connectivity index (χ2v) is 4.07. The normalized spacial score (nSPS) is 12.2. The second kappa shape index (κ2) is 6.28. The lowest BCUT2D eigenvalue weighted by Crippen LogP contribution is -2.31. The van der Waals surface area contributed by atoms with E-state index in [1.165, 1.54) is 18.1 Å². The minimum absolute atomic E-state index is 0.0183. The van der Waals surface area contributed by atoms with E-state index in [1.54, 1.807) is 0 Å². The van der Waals surface area contributed by atoms with Crippen LogP contribution in [-0.2, 0) is 4.79 Å². The van der Waals surface area contributed by atoms with Gasteiger partial charge in [-0.2, -0.15) is 0 Å². The standard InChI is InChI=1S/C13H20N2O/c1-10-4-6-13(7-5-10)11(2)14-8-9-15-12(3)16/h4-7,11,14H,8-9H2,1-3H3,(H,15,16). The van der Waals surface area contributed by atoms with E-state index in [1.807, 2.05) is 0 Å². The number of hydrogen-bond donors (Lipinski definition) is 2. The fraction of sp³-hybridized carbons (Fsp3) is 0.462. The van der Waals surface area contributed by atoms with E-state index in [0.29, 0.717) is 12.6 Å². The highest BCUT2D eigenvalue weighted by molar-refractivity contribution is 5.72. The van der Waals surface area contributed by atoms with Crippen molar-refractivity contribution in [2.24, 2.45) is 0 Å². The van der Waals surface area contributed by atoms with Gasteiger partial charge in [-0.25, -0.2) is 0 Å². The van der Waals surface area contributed by atoms with Crippen LogP contribution in [0.4, 0.5) is 0 Å². The number of nitrogens with one attached hydrogen (secondary N) is 2. The van der Waals surface area contributed by atoms with Crippen LogP contribution in [0.5, 0.6) is 0 Å². The predicted molar refractivity (Wildman–Crippen MR) is 66.3 cm³/mol. The molecule has 1 aromatic carbocycles.